The number of rotatable bonds is 5. The van der Waals surface area contributed by atoms with Crippen molar-refractivity contribution in [3.8, 4) is 0 Å². The first-order valence-corrected chi connectivity index (χ1v) is 7.30. The molecule has 4 heteroatoms. The van der Waals surface area contributed by atoms with E-state index in [4.69, 9.17) is 0 Å². The number of hydrogen-bond acceptors (Lipinski definition) is 3. The van der Waals surface area contributed by atoms with Gasteiger partial charge in [-0.2, -0.15) is 5.10 Å². The predicted octanol–water partition coefficient (Wildman–Crippen LogP) is 2.04. The van der Waals surface area contributed by atoms with Gasteiger partial charge in [0.15, 0.2) is 0 Å². The smallest absolute Gasteiger partial charge is 0.0534 e. The van der Waals surface area contributed by atoms with Crippen LogP contribution in [0, 0.1) is 11.3 Å². The molecule has 19 heavy (non-hydrogen) atoms. The van der Waals surface area contributed by atoms with E-state index in [0.717, 1.165) is 31.8 Å². The second-order valence-electron chi connectivity index (χ2n) is 6.54. The van der Waals surface area contributed by atoms with Gasteiger partial charge in [-0.05, 0) is 25.8 Å². The molecule has 0 saturated heterocycles. The third-order valence-electron chi connectivity index (χ3n) is 4.49. The molecule has 0 amide bonds. The monoisotopic (exact) mass is 265 g/mol. The largest absolute Gasteiger partial charge is 0.396 e. The summed E-state index contributed by atoms with van der Waals surface area (Å²) in [5.74, 6) is 0.823. The molecule has 1 aromatic rings. The summed E-state index contributed by atoms with van der Waals surface area (Å²) in [6.07, 6.45) is 8.79. The summed E-state index contributed by atoms with van der Waals surface area (Å²) in [5, 5.41) is 14.0. The van der Waals surface area contributed by atoms with Crippen LogP contribution in [0.3, 0.4) is 0 Å². The fourth-order valence-electron chi connectivity index (χ4n) is 3.23. The Balaban J connectivity index is 1.90. The van der Waals surface area contributed by atoms with Gasteiger partial charge in [-0.15, -0.1) is 0 Å². The van der Waals surface area contributed by atoms with Crippen LogP contribution in [0.5, 0.6) is 0 Å². The highest BCUT2D eigenvalue weighted by molar-refractivity contribution is 5.03. The average molecular weight is 265 g/mol. The van der Waals surface area contributed by atoms with E-state index in [2.05, 4.69) is 30.2 Å². The van der Waals surface area contributed by atoms with Gasteiger partial charge in [0.1, 0.15) is 0 Å². The molecule has 1 aliphatic rings. The molecule has 2 rings (SSSR count). The number of nitrogens with zero attached hydrogens (tertiary/aromatic N) is 3. The van der Waals surface area contributed by atoms with Gasteiger partial charge in [-0.25, -0.2) is 0 Å². The van der Waals surface area contributed by atoms with Crippen molar-refractivity contribution in [1.82, 2.24) is 14.7 Å². The molecule has 0 unspecified atom stereocenters. The fraction of sp³-hybridized carbons (Fsp3) is 0.800. The van der Waals surface area contributed by atoms with Gasteiger partial charge in [-0.3, -0.25) is 4.68 Å². The molecule has 1 N–H and O–H groups in total. The van der Waals surface area contributed by atoms with E-state index >= 15 is 0 Å². The molecule has 1 heterocycles. The summed E-state index contributed by atoms with van der Waals surface area (Å²) >= 11 is 0. The number of aliphatic hydroxyl groups is 1. The van der Waals surface area contributed by atoms with Crippen molar-refractivity contribution in [3.63, 3.8) is 0 Å². The molecule has 0 radical (unpaired) electrons. The van der Waals surface area contributed by atoms with Gasteiger partial charge >= 0.3 is 0 Å². The summed E-state index contributed by atoms with van der Waals surface area (Å²) in [5.41, 5.74) is 1.35. The molecule has 4 nitrogen and oxygen atoms in total. The van der Waals surface area contributed by atoms with Crippen LogP contribution in [0.4, 0.5) is 0 Å². The van der Waals surface area contributed by atoms with Crippen molar-refractivity contribution in [1.29, 1.82) is 0 Å². The number of aliphatic hydroxyl groups excluding tert-OH is 1. The molecule has 0 bridgehead atoms. The average Bonchev–Trinajstić information content (AvgIpc) is 2.78. The number of hydrogen-bond donors (Lipinski definition) is 1. The summed E-state index contributed by atoms with van der Waals surface area (Å²) in [6, 6.07) is 0. The van der Waals surface area contributed by atoms with E-state index in [1.807, 2.05) is 17.9 Å². The molecule has 1 fully saturated rings. The van der Waals surface area contributed by atoms with Crippen molar-refractivity contribution in [2.45, 2.75) is 39.2 Å². The summed E-state index contributed by atoms with van der Waals surface area (Å²) < 4.78 is 1.84. The minimum absolute atomic E-state index is 0.115. The highest BCUT2D eigenvalue weighted by Crippen LogP contribution is 2.39. The van der Waals surface area contributed by atoms with E-state index < -0.39 is 0 Å². The Morgan fingerprint density at radius 1 is 1.47 bits per heavy atom. The van der Waals surface area contributed by atoms with Crippen LogP contribution in [0.1, 0.15) is 38.2 Å². The predicted molar refractivity (Wildman–Crippen MR) is 76.7 cm³/mol. The van der Waals surface area contributed by atoms with Gasteiger partial charge in [-0.1, -0.05) is 19.8 Å². The van der Waals surface area contributed by atoms with Crippen LogP contribution in [-0.4, -0.2) is 40.0 Å². The molecule has 0 spiro atoms. The molecule has 1 saturated carbocycles. The van der Waals surface area contributed by atoms with Crippen LogP contribution in [0.15, 0.2) is 12.4 Å². The van der Waals surface area contributed by atoms with Crippen LogP contribution in [-0.2, 0) is 13.6 Å². The quantitative estimate of drug-likeness (QED) is 0.886. The summed E-state index contributed by atoms with van der Waals surface area (Å²) in [6.45, 7) is 4.52. The van der Waals surface area contributed by atoms with Gasteiger partial charge < -0.3 is 10.0 Å². The standard InChI is InChI=1S/C15H27N3O/c1-13-4-6-15(12-19,7-5-13)11-17(2)9-14-8-16-18(3)10-14/h8,10,13,19H,4-7,9,11-12H2,1-3H3. The Hall–Kier alpha value is -0.870. The molecule has 0 atom stereocenters. The lowest BCUT2D eigenvalue weighted by atomic mass is 9.71. The minimum atomic E-state index is 0.115. The minimum Gasteiger partial charge on any atom is -0.396 e. The topological polar surface area (TPSA) is 41.3 Å². The van der Waals surface area contributed by atoms with E-state index in [1.54, 1.807) is 0 Å². The number of aryl methyl sites for hydroxylation is 1. The van der Waals surface area contributed by atoms with Gasteiger partial charge in [0.25, 0.3) is 0 Å². The van der Waals surface area contributed by atoms with Crippen molar-refractivity contribution in [3.05, 3.63) is 18.0 Å². The van der Waals surface area contributed by atoms with Crippen molar-refractivity contribution in [2.24, 2.45) is 18.4 Å². The molecule has 108 valence electrons. The van der Waals surface area contributed by atoms with Crippen LogP contribution in [0.2, 0.25) is 0 Å². The summed E-state index contributed by atoms with van der Waals surface area (Å²) in [7, 11) is 4.09. The fourth-order valence-corrected chi connectivity index (χ4v) is 3.23. The zero-order valence-corrected chi connectivity index (χ0v) is 12.5. The SMILES string of the molecule is CC1CCC(CO)(CN(C)Cc2cnn(C)c2)CC1. The summed E-state index contributed by atoms with van der Waals surface area (Å²) in [4.78, 5) is 2.32. The van der Waals surface area contributed by atoms with E-state index in [-0.39, 0.29) is 5.41 Å². The molecule has 0 aliphatic heterocycles. The lowest BCUT2D eigenvalue weighted by Crippen LogP contribution is -2.40. The first kappa shape index (κ1) is 14.5. The highest BCUT2D eigenvalue weighted by atomic mass is 16.3. The molecule has 1 aliphatic carbocycles. The van der Waals surface area contributed by atoms with E-state index in [0.29, 0.717) is 6.61 Å². The van der Waals surface area contributed by atoms with E-state index in [1.165, 1.54) is 18.4 Å². The zero-order chi connectivity index (χ0) is 13.9. The molecular formula is C15H27N3O. The van der Waals surface area contributed by atoms with Crippen LogP contribution in [0.25, 0.3) is 0 Å². The first-order valence-electron chi connectivity index (χ1n) is 7.30. The molecular weight excluding hydrogens is 238 g/mol. The third kappa shape index (κ3) is 3.80. The Bertz CT molecular complexity index is 394. The van der Waals surface area contributed by atoms with Crippen molar-refractivity contribution < 1.29 is 5.11 Å². The maximum Gasteiger partial charge on any atom is 0.0534 e. The maximum atomic E-state index is 9.80. The lowest BCUT2D eigenvalue weighted by molar-refractivity contribution is 0.0346. The van der Waals surface area contributed by atoms with Crippen LogP contribution >= 0.6 is 0 Å². The maximum absolute atomic E-state index is 9.80. The number of aromatic nitrogens is 2. The van der Waals surface area contributed by atoms with Crippen molar-refractivity contribution in [2.75, 3.05) is 20.2 Å². The second-order valence-corrected chi connectivity index (χ2v) is 6.54. The zero-order valence-electron chi connectivity index (χ0n) is 12.5. The Labute approximate surface area is 116 Å². The highest BCUT2D eigenvalue weighted by Gasteiger charge is 2.34. The lowest BCUT2D eigenvalue weighted by Gasteiger charge is -2.40. The van der Waals surface area contributed by atoms with Crippen LogP contribution < -0.4 is 0 Å². The third-order valence-corrected chi connectivity index (χ3v) is 4.49. The Morgan fingerprint density at radius 3 is 2.68 bits per heavy atom. The van der Waals surface area contributed by atoms with Crippen molar-refractivity contribution >= 4 is 0 Å². The van der Waals surface area contributed by atoms with Gasteiger partial charge in [0.2, 0.25) is 0 Å². The molecule has 0 aromatic carbocycles. The second kappa shape index (κ2) is 6.06. The first-order chi connectivity index (χ1) is 9.03. The Morgan fingerprint density at radius 2 is 2.16 bits per heavy atom. The van der Waals surface area contributed by atoms with Gasteiger partial charge in [0, 0.05) is 43.9 Å². The Kier molecular flexibility index (Phi) is 4.63. The van der Waals surface area contributed by atoms with E-state index in [9.17, 15) is 5.11 Å². The van der Waals surface area contributed by atoms with Gasteiger partial charge in [0.05, 0.1) is 6.20 Å². The molecule has 1 aromatic heterocycles. The normalized spacial score (nSPS) is 27.9.